The summed E-state index contributed by atoms with van der Waals surface area (Å²) >= 11 is 0. The van der Waals surface area contributed by atoms with Crippen molar-refractivity contribution in [1.29, 1.82) is 0 Å². The second-order valence-electron chi connectivity index (χ2n) is 11.7. The Hall–Kier alpha value is -1.18. The molecule has 41 heavy (non-hydrogen) atoms. The maximum Gasteiger partial charge on any atom is 0.305 e. The number of carbonyl (C=O) groups excluding carboxylic acids is 2. The van der Waals surface area contributed by atoms with Crippen molar-refractivity contribution in [3.63, 3.8) is 0 Å². The Kier molecular flexibility index (Phi) is 32.4. The van der Waals surface area contributed by atoms with E-state index in [0.717, 1.165) is 58.2 Å². The summed E-state index contributed by atoms with van der Waals surface area (Å²) in [5, 5.41) is 3.41. The van der Waals surface area contributed by atoms with Crippen molar-refractivity contribution in [3.8, 4) is 0 Å². The molecular formula is C34H69N3O4. The smallest absolute Gasteiger partial charge is 0.305 e. The summed E-state index contributed by atoms with van der Waals surface area (Å²) in [5.41, 5.74) is 5.56. The van der Waals surface area contributed by atoms with Gasteiger partial charge in [-0.3, -0.25) is 14.5 Å². The van der Waals surface area contributed by atoms with Crippen LogP contribution in [0.1, 0.15) is 155 Å². The highest BCUT2D eigenvalue weighted by Gasteiger charge is 2.10. The molecule has 3 N–H and O–H groups in total. The van der Waals surface area contributed by atoms with E-state index >= 15 is 0 Å². The average Bonchev–Trinajstić information content (AvgIpc) is 2.97. The molecule has 0 saturated carbocycles. The fourth-order valence-electron chi connectivity index (χ4n) is 5.00. The zero-order valence-electron chi connectivity index (χ0n) is 27.4. The van der Waals surface area contributed by atoms with E-state index in [1.165, 1.54) is 89.9 Å². The molecule has 0 heterocycles. The summed E-state index contributed by atoms with van der Waals surface area (Å²) < 4.78 is 11.1. The summed E-state index contributed by atoms with van der Waals surface area (Å²) in [6, 6.07) is 0. The van der Waals surface area contributed by atoms with E-state index in [4.69, 9.17) is 15.2 Å². The molecule has 7 nitrogen and oxygen atoms in total. The van der Waals surface area contributed by atoms with Crippen molar-refractivity contribution >= 4 is 11.9 Å². The van der Waals surface area contributed by atoms with Gasteiger partial charge >= 0.3 is 11.9 Å². The molecule has 0 saturated heterocycles. The van der Waals surface area contributed by atoms with Gasteiger partial charge < -0.3 is 20.5 Å². The van der Waals surface area contributed by atoms with Crippen LogP contribution in [0.15, 0.2) is 0 Å². The van der Waals surface area contributed by atoms with Crippen LogP contribution in [0.2, 0.25) is 0 Å². The Bertz CT molecular complexity index is 522. The highest BCUT2D eigenvalue weighted by Crippen LogP contribution is 2.12. The van der Waals surface area contributed by atoms with Crippen LogP contribution >= 0.6 is 0 Å². The lowest BCUT2D eigenvalue weighted by Crippen LogP contribution is -2.34. The van der Waals surface area contributed by atoms with E-state index < -0.39 is 0 Å². The van der Waals surface area contributed by atoms with Crippen LogP contribution < -0.4 is 11.1 Å². The Balaban J connectivity index is 4.04. The molecule has 0 aromatic rings. The van der Waals surface area contributed by atoms with Gasteiger partial charge in [-0.05, 0) is 51.9 Å². The quantitative estimate of drug-likeness (QED) is 0.0609. The normalized spacial score (nSPS) is 11.3. The molecule has 7 heteroatoms. The molecule has 0 aliphatic heterocycles. The van der Waals surface area contributed by atoms with E-state index in [9.17, 15) is 9.59 Å². The molecule has 0 aliphatic rings. The lowest BCUT2D eigenvalue weighted by Gasteiger charge is -2.22. The lowest BCUT2D eigenvalue weighted by atomic mass is 10.1. The standard InChI is InChI=1S/C34H69N3O4/c1-3-5-7-9-11-13-15-17-19-23-33(38)40-31-29-37(28-22-27-36-26-21-25-35)30-32-41-34(39)24-20-18-16-14-12-10-8-6-4-2/h36H,3-32,35H2,1-2H3. The number of hydrogen-bond donors (Lipinski definition) is 2. The molecule has 0 radical (unpaired) electrons. The monoisotopic (exact) mass is 584 g/mol. The number of nitrogens with two attached hydrogens (primary N) is 1. The van der Waals surface area contributed by atoms with Crippen molar-refractivity contribution in [3.05, 3.63) is 0 Å². The molecule has 244 valence electrons. The number of carbonyl (C=O) groups is 2. The second-order valence-corrected chi connectivity index (χ2v) is 11.7. The van der Waals surface area contributed by atoms with Crippen molar-refractivity contribution < 1.29 is 19.1 Å². The first kappa shape index (κ1) is 39.8. The zero-order chi connectivity index (χ0) is 30.1. The Morgan fingerprint density at radius 1 is 0.537 bits per heavy atom. The maximum atomic E-state index is 12.2. The van der Waals surface area contributed by atoms with Crippen LogP contribution in [0.5, 0.6) is 0 Å². The molecule has 0 aromatic carbocycles. The van der Waals surface area contributed by atoms with E-state index in [2.05, 4.69) is 24.1 Å². The number of nitrogens with zero attached hydrogens (tertiary/aromatic N) is 1. The van der Waals surface area contributed by atoms with E-state index in [0.29, 0.717) is 45.7 Å². The first-order valence-corrected chi connectivity index (χ1v) is 17.6. The van der Waals surface area contributed by atoms with Gasteiger partial charge in [0.05, 0.1) is 0 Å². The minimum atomic E-state index is -0.0938. The first-order chi connectivity index (χ1) is 20.1. The molecule has 0 spiro atoms. The number of unbranched alkanes of at least 4 members (excludes halogenated alkanes) is 16. The van der Waals surface area contributed by atoms with Crippen LogP contribution in [0.25, 0.3) is 0 Å². The Labute approximate surface area is 254 Å². The fraction of sp³-hybridized carbons (Fsp3) is 0.941. The third-order valence-corrected chi connectivity index (χ3v) is 7.70. The van der Waals surface area contributed by atoms with Crippen LogP contribution in [0.3, 0.4) is 0 Å². The molecule has 0 bridgehead atoms. The highest BCUT2D eigenvalue weighted by molar-refractivity contribution is 5.69. The number of nitrogens with one attached hydrogen (secondary N) is 1. The van der Waals surface area contributed by atoms with Crippen LogP contribution in [-0.4, -0.2) is 69.3 Å². The molecule has 0 amide bonds. The van der Waals surface area contributed by atoms with Crippen LogP contribution in [0, 0.1) is 0 Å². The second kappa shape index (κ2) is 33.3. The van der Waals surface area contributed by atoms with Crippen molar-refractivity contribution in [2.75, 3.05) is 52.5 Å². The van der Waals surface area contributed by atoms with Gasteiger partial charge in [0.15, 0.2) is 0 Å². The topological polar surface area (TPSA) is 93.9 Å². The molecule has 0 rings (SSSR count). The van der Waals surface area contributed by atoms with Gasteiger partial charge in [0.1, 0.15) is 13.2 Å². The molecule has 0 atom stereocenters. The van der Waals surface area contributed by atoms with Gasteiger partial charge in [0.2, 0.25) is 0 Å². The average molecular weight is 584 g/mol. The van der Waals surface area contributed by atoms with Gasteiger partial charge in [0, 0.05) is 25.9 Å². The van der Waals surface area contributed by atoms with Crippen molar-refractivity contribution in [2.45, 2.75) is 155 Å². The predicted octanol–water partition coefficient (Wildman–Crippen LogP) is 7.55. The SMILES string of the molecule is CCCCCCCCCCCC(=O)OCCN(CCCNCCCN)CCOC(=O)CCCCCCCCCCC. The summed E-state index contributed by atoms with van der Waals surface area (Å²) in [5.74, 6) is -0.188. The van der Waals surface area contributed by atoms with Gasteiger partial charge in [-0.2, -0.15) is 0 Å². The highest BCUT2D eigenvalue weighted by atomic mass is 16.5. The molecule has 0 unspecified atom stereocenters. The molecule has 0 fully saturated rings. The van der Waals surface area contributed by atoms with Gasteiger partial charge in [-0.1, -0.05) is 117 Å². The minimum absolute atomic E-state index is 0.0938. The van der Waals surface area contributed by atoms with Crippen LogP contribution in [0.4, 0.5) is 0 Å². The number of esters is 2. The third-order valence-electron chi connectivity index (χ3n) is 7.70. The van der Waals surface area contributed by atoms with Crippen molar-refractivity contribution in [1.82, 2.24) is 10.2 Å². The summed E-state index contributed by atoms with van der Waals surface area (Å²) in [7, 11) is 0. The number of hydrogen-bond acceptors (Lipinski definition) is 7. The van der Waals surface area contributed by atoms with E-state index in [-0.39, 0.29) is 11.9 Å². The number of ether oxygens (including phenoxy) is 2. The third kappa shape index (κ3) is 31.6. The van der Waals surface area contributed by atoms with E-state index in [1.807, 2.05) is 0 Å². The van der Waals surface area contributed by atoms with E-state index in [1.54, 1.807) is 0 Å². The largest absolute Gasteiger partial charge is 0.464 e. The summed E-state index contributed by atoms with van der Waals surface area (Å²) in [6.07, 6.45) is 25.3. The summed E-state index contributed by atoms with van der Waals surface area (Å²) in [6.45, 7) is 10.1. The molecule has 0 aromatic heterocycles. The number of rotatable bonds is 33. The van der Waals surface area contributed by atoms with Crippen LogP contribution in [-0.2, 0) is 19.1 Å². The Morgan fingerprint density at radius 2 is 0.927 bits per heavy atom. The lowest BCUT2D eigenvalue weighted by molar-refractivity contribution is -0.144. The molecular weight excluding hydrogens is 514 g/mol. The summed E-state index contributed by atoms with van der Waals surface area (Å²) in [4.78, 5) is 26.6. The predicted molar refractivity (Wildman–Crippen MR) is 173 cm³/mol. The van der Waals surface area contributed by atoms with Gasteiger partial charge in [-0.15, -0.1) is 0 Å². The van der Waals surface area contributed by atoms with Crippen molar-refractivity contribution in [2.24, 2.45) is 5.73 Å². The fourth-order valence-corrected chi connectivity index (χ4v) is 5.00. The van der Waals surface area contributed by atoms with Gasteiger partial charge in [0.25, 0.3) is 0 Å². The first-order valence-electron chi connectivity index (χ1n) is 17.6. The molecule has 0 aliphatic carbocycles. The van der Waals surface area contributed by atoms with Gasteiger partial charge in [-0.25, -0.2) is 0 Å². The minimum Gasteiger partial charge on any atom is -0.464 e. The Morgan fingerprint density at radius 3 is 1.34 bits per heavy atom. The zero-order valence-corrected chi connectivity index (χ0v) is 27.4. The maximum absolute atomic E-state index is 12.2.